The number of fused-ring (bicyclic) bond motifs is 4. The van der Waals surface area contributed by atoms with Crippen LogP contribution < -0.4 is 0 Å². The van der Waals surface area contributed by atoms with E-state index in [4.69, 9.17) is 19.9 Å². The Morgan fingerprint density at radius 3 is 1.56 bits per heavy atom. The molecule has 0 saturated heterocycles. The Labute approximate surface area is 276 Å². The summed E-state index contributed by atoms with van der Waals surface area (Å²) in [6.07, 6.45) is 3.46. The summed E-state index contributed by atoms with van der Waals surface area (Å²) in [7, 11) is 0. The lowest BCUT2D eigenvalue weighted by Crippen LogP contribution is -1.96. The van der Waals surface area contributed by atoms with Crippen LogP contribution in [0, 0.1) is 0 Å². The van der Waals surface area contributed by atoms with E-state index in [2.05, 4.69) is 113 Å². The zero-order chi connectivity index (χ0) is 31.9. The van der Waals surface area contributed by atoms with Crippen molar-refractivity contribution in [2.45, 2.75) is 0 Å². The fraction of sp³-hybridized carbons (Fsp3) is 0. The van der Waals surface area contributed by atoms with Crippen molar-refractivity contribution in [2.75, 3.05) is 0 Å². The van der Waals surface area contributed by atoms with Gasteiger partial charge < -0.3 is 0 Å². The number of hydrogen-bond acceptors (Lipinski definition) is 6. The molecule has 6 heteroatoms. The van der Waals surface area contributed by atoms with Gasteiger partial charge in [-0.25, -0.2) is 29.9 Å². The molecule has 6 nitrogen and oxygen atoms in total. The molecule has 0 aliphatic rings. The first-order valence-electron chi connectivity index (χ1n) is 15.8. The SMILES string of the molecule is c1ccc(-c2ccc(-c3nc4ccccc4nc3-c3cccc(-c4ccc5ccc6ccc(-c7ncccn7)nc6c5n4)c3)cc2)cc1. The molecule has 4 aromatic heterocycles. The third-order valence-corrected chi connectivity index (χ3v) is 8.58. The first-order chi connectivity index (χ1) is 23.8. The molecule has 0 spiro atoms. The van der Waals surface area contributed by atoms with Gasteiger partial charge in [0.05, 0.1) is 39.1 Å². The van der Waals surface area contributed by atoms with Crippen LogP contribution in [0.4, 0.5) is 0 Å². The van der Waals surface area contributed by atoms with Crippen molar-refractivity contribution in [3.05, 3.63) is 158 Å². The second-order valence-electron chi connectivity index (χ2n) is 11.6. The maximum atomic E-state index is 5.17. The first-order valence-corrected chi connectivity index (χ1v) is 15.8. The number of nitrogens with zero attached hydrogens (tertiary/aromatic N) is 6. The number of aromatic nitrogens is 6. The van der Waals surface area contributed by atoms with Crippen LogP contribution >= 0.6 is 0 Å². The number of pyridine rings is 2. The molecule has 0 atom stereocenters. The predicted molar refractivity (Wildman–Crippen MR) is 193 cm³/mol. The van der Waals surface area contributed by atoms with Gasteiger partial charge >= 0.3 is 0 Å². The number of benzene rings is 5. The van der Waals surface area contributed by atoms with E-state index in [1.807, 2.05) is 36.4 Å². The van der Waals surface area contributed by atoms with Crippen LogP contribution in [0.1, 0.15) is 0 Å². The fourth-order valence-electron chi connectivity index (χ4n) is 6.16. The van der Waals surface area contributed by atoms with Crippen molar-refractivity contribution in [3.8, 4) is 56.4 Å². The Bertz CT molecular complexity index is 2600. The molecule has 0 amide bonds. The number of hydrogen-bond donors (Lipinski definition) is 0. The molecule has 224 valence electrons. The Morgan fingerprint density at radius 1 is 0.333 bits per heavy atom. The van der Waals surface area contributed by atoms with Gasteiger partial charge in [-0.3, -0.25) is 0 Å². The summed E-state index contributed by atoms with van der Waals surface area (Å²) in [5.74, 6) is 0.585. The summed E-state index contributed by atoms with van der Waals surface area (Å²) in [5.41, 5.74) is 11.9. The minimum absolute atomic E-state index is 0.585. The lowest BCUT2D eigenvalue weighted by atomic mass is 9.98. The molecule has 9 aromatic rings. The van der Waals surface area contributed by atoms with Gasteiger partial charge in [-0.2, -0.15) is 0 Å². The van der Waals surface area contributed by atoms with Crippen LogP contribution in [0.25, 0.3) is 89.3 Å². The lowest BCUT2D eigenvalue weighted by Gasteiger charge is -2.13. The minimum atomic E-state index is 0.585. The Balaban J connectivity index is 1.16. The van der Waals surface area contributed by atoms with Gasteiger partial charge in [0.15, 0.2) is 5.82 Å². The molecule has 0 N–H and O–H groups in total. The average Bonchev–Trinajstić information content (AvgIpc) is 3.17. The van der Waals surface area contributed by atoms with Crippen molar-refractivity contribution in [1.82, 2.24) is 29.9 Å². The second kappa shape index (κ2) is 11.6. The van der Waals surface area contributed by atoms with Crippen LogP contribution in [0.5, 0.6) is 0 Å². The third kappa shape index (κ3) is 5.02. The van der Waals surface area contributed by atoms with Gasteiger partial charge in [-0.05, 0) is 47.5 Å². The average molecular weight is 615 g/mol. The van der Waals surface area contributed by atoms with Crippen LogP contribution in [-0.2, 0) is 0 Å². The highest BCUT2D eigenvalue weighted by atomic mass is 14.9. The zero-order valence-corrected chi connectivity index (χ0v) is 25.7. The molecule has 4 heterocycles. The van der Waals surface area contributed by atoms with Gasteiger partial charge in [0, 0.05) is 39.9 Å². The van der Waals surface area contributed by atoms with Gasteiger partial charge in [-0.15, -0.1) is 0 Å². The first kappa shape index (κ1) is 27.6. The van der Waals surface area contributed by atoms with E-state index in [1.54, 1.807) is 18.5 Å². The number of rotatable bonds is 5. The monoisotopic (exact) mass is 614 g/mol. The molecule has 0 aliphatic carbocycles. The standard InChI is InChI=1S/C42H26N6/c1-2-8-27(9-3-1)28-14-16-29(17-15-28)40-41(47-36-13-5-4-12-35(36)46-40)33-11-6-10-32(26-33)34-22-20-30-18-19-31-21-23-37(42-43-24-7-25-44-42)48-39(31)38(30)45-34/h1-26H. The predicted octanol–water partition coefficient (Wildman–Crippen LogP) is 9.85. The van der Waals surface area contributed by atoms with E-state index in [-0.39, 0.29) is 0 Å². The second-order valence-corrected chi connectivity index (χ2v) is 11.6. The third-order valence-electron chi connectivity index (χ3n) is 8.58. The molecule has 0 saturated carbocycles. The number of para-hydroxylation sites is 2. The summed E-state index contributed by atoms with van der Waals surface area (Å²) in [6, 6.07) is 49.5. The summed E-state index contributed by atoms with van der Waals surface area (Å²) in [6.45, 7) is 0. The normalized spacial score (nSPS) is 11.3. The van der Waals surface area contributed by atoms with E-state index >= 15 is 0 Å². The summed E-state index contributed by atoms with van der Waals surface area (Å²) < 4.78 is 0. The Kier molecular flexibility index (Phi) is 6.68. The molecular formula is C42H26N6. The van der Waals surface area contributed by atoms with E-state index in [9.17, 15) is 0 Å². The van der Waals surface area contributed by atoms with Crippen LogP contribution in [0.3, 0.4) is 0 Å². The van der Waals surface area contributed by atoms with Gasteiger partial charge in [0.2, 0.25) is 0 Å². The van der Waals surface area contributed by atoms with Crippen LogP contribution in [0.2, 0.25) is 0 Å². The van der Waals surface area contributed by atoms with Crippen molar-refractivity contribution in [1.29, 1.82) is 0 Å². The van der Waals surface area contributed by atoms with E-state index in [0.29, 0.717) is 11.5 Å². The summed E-state index contributed by atoms with van der Waals surface area (Å²) >= 11 is 0. The smallest absolute Gasteiger partial charge is 0.178 e. The van der Waals surface area contributed by atoms with E-state index in [1.165, 1.54) is 5.56 Å². The van der Waals surface area contributed by atoms with Gasteiger partial charge in [0.1, 0.15) is 5.69 Å². The topological polar surface area (TPSA) is 77.3 Å². The van der Waals surface area contributed by atoms with Crippen molar-refractivity contribution in [3.63, 3.8) is 0 Å². The molecule has 48 heavy (non-hydrogen) atoms. The highest BCUT2D eigenvalue weighted by molar-refractivity contribution is 6.04. The molecule has 0 aliphatic heterocycles. The maximum Gasteiger partial charge on any atom is 0.178 e. The summed E-state index contributed by atoms with van der Waals surface area (Å²) in [5, 5.41) is 2.03. The molecule has 0 radical (unpaired) electrons. The molecular weight excluding hydrogens is 589 g/mol. The highest BCUT2D eigenvalue weighted by Crippen LogP contribution is 2.35. The Morgan fingerprint density at radius 2 is 0.854 bits per heavy atom. The largest absolute Gasteiger partial charge is 0.245 e. The molecule has 0 fully saturated rings. The van der Waals surface area contributed by atoms with Gasteiger partial charge in [-0.1, -0.05) is 109 Å². The molecule has 0 bridgehead atoms. The maximum absolute atomic E-state index is 5.17. The Hall–Kier alpha value is -6.66. The zero-order valence-electron chi connectivity index (χ0n) is 25.7. The highest BCUT2D eigenvalue weighted by Gasteiger charge is 2.16. The van der Waals surface area contributed by atoms with Crippen molar-refractivity contribution < 1.29 is 0 Å². The fourth-order valence-corrected chi connectivity index (χ4v) is 6.16. The molecule has 9 rings (SSSR count). The van der Waals surface area contributed by atoms with Crippen LogP contribution in [0.15, 0.2) is 158 Å². The van der Waals surface area contributed by atoms with E-state index < -0.39 is 0 Å². The molecule has 5 aromatic carbocycles. The van der Waals surface area contributed by atoms with Crippen molar-refractivity contribution in [2.24, 2.45) is 0 Å². The van der Waals surface area contributed by atoms with Gasteiger partial charge in [0.25, 0.3) is 0 Å². The lowest BCUT2D eigenvalue weighted by molar-refractivity contribution is 1.15. The summed E-state index contributed by atoms with van der Waals surface area (Å²) in [4.78, 5) is 29.2. The molecule has 0 unspecified atom stereocenters. The van der Waals surface area contributed by atoms with Crippen LogP contribution in [-0.4, -0.2) is 29.9 Å². The van der Waals surface area contributed by atoms with Crippen molar-refractivity contribution >= 4 is 32.8 Å². The minimum Gasteiger partial charge on any atom is -0.245 e. The van der Waals surface area contributed by atoms with E-state index in [0.717, 1.165) is 72.2 Å². The quantitative estimate of drug-likeness (QED) is 0.180.